The van der Waals surface area contributed by atoms with E-state index in [0.29, 0.717) is 0 Å². The number of aliphatic imine (C=N–C) groups is 1. The van der Waals surface area contributed by atoms with Crippen molar-refractivity contribution in [2.75, 3.05) is 0 Å². The first-order chi connectivity index (χ1) is 13.0. The SMILES string of the molecule is CC1(C)N=C(c2ccccc2)S[C@@]12S[C@H](c1ccccc1)OC2(C#N)C#N. The average molecular weight is 392 g/mol. The van der Waals surface area contributed by atoms with Crippen molar-refractivity contribution in [3.8, 4) is 12.1 Å². The molecule has 27 heavy (non-hydrogen) atoms. The topological polar surface area (TPSA) is 69.2 Å². The van der Waals surface area contributed by atoms with Gasteiger partial charge in [0.15, 0.2) is 4.08 Å². The zero-order valence-electron chi connectivity index (χ0n) is 14.9. The minimum atomic E-state index is -1.60. The van der Waals surface area contributed by atoms with Crippen molar-refractivity contribution in [1.82, 2.24) is 0 Å². The molecule has 0 radical (unpaired) electrons. The number of hydrogen-bond acceptors (Lipinski definition) is 6. The molecule has 0 N–H and O–H groups in total. The van der Waals surface area contributed by atoms with Gasteiger partial charge in [-0.3, -0.25) is 4.99 Å². The standard InChI is InChI=1S/C21H17N3OS2/c1-19(2)21(26-17(24-19)15-9-5-3-6-10-15)20(13-22,14-23)25-18(27-21)16-11-7-4-8-12-16/h3-12,18H,1-2H3/t18-,21-/m1/s1. The van der Waals surface area contributed by atoms with E-state index in [9.17, 15) is 10.5 Å². The lowest BCUT2D eigenvalue weighted by molar-refractivity contribution is 0.0243. The highest BCUT2D eigenvalue weighted by Crippen LogP contribution is 2.68. The molecule has 0 bridgehead atoms. The molecule has 134 valence electrons. The Morgan fingerprint density at radius 2 is 1.56 bits per heavy atom. The lowest BCUT2D eigenvalue weighted by Crippen LogP contribution is -2.55. The van der Waals surface area contributed by atoms with Crippen molar-refractivity contribution >= 4 is 28.6 Å². The van der Waals surface area contributed by atoms with Gasteiger partial charge >= 0.3 is 0 Å². The number of hydrogen-bond donors (Lipinski definition) is 0. The van der Waals surface area contributed by atoms with E-state index in [-0.39, 0.29) is 0 Å². The second-order valence-electron chi connectivity index (χ2n) is 6.94. The van der Waals surface area contributed by atoms with E-state index in [1.807, 2.05) is 74.5 Å². The third kappa shape index (κ3) is 2.60. The van der Waals surface area contributed by atoms with Crippen LogP contribution < -0.4 is 0 Å². The first-order valence-electron chi connectivity index (χ1n) is 8.54. The van der Waals surface area contributed by atoms with Gasteiger partial charge in [-0.05, 0) is 19.4 Å². The quantitative estimate of drug-likeness (QED) is 0.728. The first-order valence-corrected chi connectivity index (χ1v) is 10.2. The molecule has 1 fully saturated rings. The van der Waals surface area contributed by atoms with E-state index >= 15 is 0 Å². The maximum Gasteiger partial charge on any atom is 0.269 e. The van der Waals surface area contributed by atoms with Gasteiger partial charge in [-0.1, -0.05) is 84.2 Å². The summed E-state index contributed by atoms with van der Waals surface area (Å²) in [5.74, 6) is 0. The van der Waals surface area contributed by atoms with Crippen molar-refractivity contribution in [3.63, 3.8) is 0 Å². The van der Waals surface area contributed by atoms with E-state index in [1.54, 1.807) is 0 Å². The van der Waals surface area contributed by atoms with Gasteiger partial charge in [0.25, 0.3) is 5.60 Å². The minimum absolute atomic E-state index is 0.400. The number of ether oxygens (including phenoxy) is 1. The van der Waals surface area contributed by atoms with Crippen LogP contribution in [0, 0.1) is 22.7 Å². The molecule has 2 atom stereocenters. The minimum Gasteiger partial charge on any atom is -0.327 e. The van der Waals surface area contributed by atoms with Gasteiger partial charge in [-0.15, -0.1) is 0 Å². The smallest absolute Gasteiger partial charge is 0.269 e. The van der Waals surface area contributed by atoms with Crippen LogP contribution in [0.2, 0.25) is 0 Å². The highest BCUT2D eigenvalue weighted by Gasteiger charge is 2.72. The zero-order chi connectivity index (χ0) is 19.1. The Kier molecular flexibility index (Phi) is 4.31. The number of nitriles is 2. The van der Waals surface area contributed by atoms with Gasteiger partial charge in [-0.25, -0.2) is 0 Å². The second kappa shape index (κ2) is 6.42. The predicted octanol–water partition coefficient (Wildman–Crippen LogP) is 4.90. The lowest BCUT2D eigenvalue weighted by atomic mass is 9.87. The Balaban J connectivity index is 1.81. The summed E-state index contributed by atoms with van der Waals surface area (Å²) < 4.78 is 5.27. The van der Waals surface area contributed by atoms with Crippen molar-refractivity contribution in [2.45, 2.75) is 34.5 Å². The second-order valence-corrected chi connectivity index (χ2v) is 9.68. The van der Waals surface area contributed by atoms with E-state index < -0.39 is 20.7 Å². The average Bonchev–Trinajstić information content (AvgIpc) is 3.19. The van der Waals surface area contributed by atoms with Crippen LogP contribution in [-0.2, 0) is 4.74 Å². The fraction of sp³-hybridized carbons (Fsp3) is 0.286. The van der Waals surface area contributed by atoms with Crippen molar-refractivity contribution in [3.05, 3.63) is 71.8 Å². The van der Waals surface area contributed by atoms with Crippen LogP contribution in [0.25, 0.3) is 0 Å². The maximum atomic E-state index is 10.0. The fourth-order valence-electron chi connectivity index (χ4n) is 3.45. The molecule has 2 heterocycles. The van der Waals surface area contributed by atoms with E-state index in [4.69, 9.17) is 9.73 Å². The molecule has 6 heteroatoms. The Labute approximate surface area is 167 Å². The molecule has 4 nitrogen and oxygen atoms in total. The third-order valence-electron chi connectivity index (χ3n) is 4.85. The summed E-state index contributed by atoms with van der Waals surface area (Å²) in [6.45, 7) is 3.95. The molecule has 2 aliphatic heterocycles. The predicted molar refractivity (Wildman–Crippen MR) is 109 cm³/mol. The van der Waals surface area contributed by atoms with Crippen LogP contribution in [0.4, 0.5) is 0 Å². The Morgan fingerprint density at radius 1 is 0.963 bits per heavy atom. The van der Waals surface area contributed by atoms with Gasteiger partial charge in [0, 0.05) is 5.56 Å². The number of benzene rings is 2. The largest absolute Gasteiger partial charge is 0.327 e. The zero-order valence-corrected chi connectivity index (χ0v) is 16.6. The molecule has 1 saturated heterocycles. The summed E-state index contributed by atoms with van der Waals surface area (Å²) >= 11 is 2.99. The van der Waals surface area contributed by atoms with Crippen LogP contribution in [0.3, 0.4) is 0 Å². The Morgan fingerprint density at radius 3 is 2.15 bits per heavy atom. The lowest BCUT2D eigenvalue weighted by Gasteiger charge is -2.38. The van der Waals surface area contributed by atoms with Gasteiger partial charge in [-0.2, -0.15) is 10.5 Å². The molecule has 2 aliphatic rings. The normalized spacial score (nSPS) is 27.7. The van der Waals surface area contributed by atoms with Gasteiger partial charge in [0.1, 0.15) is 22.6 Å². The molecular weight excluding hydrogens is 374 g/mol. The highest BCUT2D eigenvalue weighted by molar-refractivity contribution is 8.27. The van der Waals surface area contributed by atoms with Crippen LogP contribution in [0.1, 0.15) is 30.4 Å². The summed E-state index contributed by atoms with van der Waals surface area (Å²) in [7, 11) is 0. The Hall–Kier alpha value is -2.25. The summed E-state index contributed by atoms with van der Waals surface area (Å²) in [4.78, 5) is 4.92. The Bertz CT molecular complexity index is 962. The van der Waals surface area contributed by atoms with Crippen LogP contribution in [0.15, 0.2) is 65.7 Å². The van der Waals surface area contributed by atoms with Crippen molar-refractivity contribution in [1.29, 1.82) is 10.5 Å². The summed E-state index contributed by atoms with van der Waals surface area (Å²) in [5, 5.41) is 20.9. The first kappa shape index (κ1) is 18.1. The van der Waals surface area contributed by atoms with E-state index in [0.717, 1.165) is 16.2 Å². The molecule has 2 aromatic rings. The summed E-state index contributed by atoms with van der Waals surface area (Å²) in [6, 6.07) is 24.0. The third-order valence-corrected chi connectivity index (χ3v) is 8.69. The molecule has 0 saturated carbocycles. The summed E-state index contributed by atoms with van der Waals surface area (Å²) in [6.07, 6.45) is 0. The molecule has 1 spiro atoms. The number of rotatable bonds is 2. The van der Waals surface area contributed by atoms with Crippen LogP contribution >= 0.6 is 23.5 Å². The summed E-state index contributed by atoms with van der Waals surface area (Å²) in [5.41, 5.74) is -0.739. The number of nitrogens with zero attached hydrogens (tertiary/aromatic N) is 3. The van der Waals surface area contributed by atoms with Crippen molar-refractivity contribution in [2.24, 2.45) is 4.99 Å². The van der Waals surface area contributed by atoms with E-state index in [1.165, 1.54) is 23.5 Å². The monoisotopic (exact) mass is 391 g/mol. The molecule has 4 rings (SSSR count). The molecule has 0 aliphatic carbocycles. The molecular formula is C21H17N3OS2. The van der Waals surface area contributed by atoms with Gasteiger partial charge in [0.05, 0.1) is 5.54 Å². The van der Waals surface area contributed by atoms with Crippen LogP contribution in [0.5, 0.6) is 0 Å². The fourth-order valence-corrected chi connectivity index (χ4v) is 6.95. The maximum absolute atomic E-state index is 10.0. The molecule has 0 aromatic heterocycles. The van der Waals surface area contributed by atoms with Crippen LogP contribution in [-0.4, -0.2) is 20.3 Å². The highest BCUT2D eigenvalue weighted by atomic mass is 32.2. The molecule has 0 amide bonds. The molecule has 0 unspecified atom stereocenters. The van der Waals surface area contributed by atoms with E-state index in [2.05, 4.69) is 12.1 Å². The molecule has 2 aromatic carbocycles. The van der Waals surface area contributed by atoms with Gasteiger partial charge < -0.3 is 4.74 Å². The number of thioether (sulfide) groups is 2. The van der Waals surface area contributed by atoms with Crippen molar-refractivity contribution < 1.29 is 4.74 Å². The van der Waals surface area contributed by atoms with Gasteiger partial charge in [0.2, 0.25) is 0 Å².